The Morgan fingerprint density at radius 3 is 2.43 bits per heavy atom. The van der Waals surface area contributed by atoms with Crippen LogP contribution in [0.25, 0.3) is 0 Å². The number of amides is 1. The molecule has 0 aliphatic rings. The van der Waals surface area contributed by atoms with Gasteiger partial charge in [0.1, 0.15) is 12.6 Å². The monoisotopic (exact) mass is 293 g/mol. The average molecular weight is 293 g/mol. The molecule has 0 aliphatic carbocycles. The van der Waals surface area contributed by atoms with Gasteiger partial charge in [-0.2, -0.15) is 0 Å². The standard InChI is InChI=1S/C16H23NO4/c1-4-17(11-15(18)20-5-2)16(19)13(3)21-12-14-9-7-6-8-10-14/h6-10,13H,4-5,11-12H2,1-3H3. The maximum absolute atomic E-state index is 12.2. The van der Waals surface area contributed by atoms with Gasteiger partial charge in [0.15, 0.2) is 0 Å². The maximum Gasteiger partial charge on any atom is 0.325 e. The minimum Gasteiger partial charge on any atom is -0.465 e. The molecule has 0 radical (unpaired) electrons. The Hall–Kier alpha value is -1.88. The predicted molar refractivity (Wildman–Crippen MR) is 79.6 cm³/mol. The van der Waals surface area contributed by atoms with Crippen LogP contribution in [0.5, 0.6) is 0 Å². The molecular weight excluding hydrogens is 270 g/mol. The van der Waals surface area contributed by atoms with E-state index < -0.39 is 12.1 Å². The summed E-state index contributed by atoms with van der Waals surface area (Å²) >= 11 is 0. The van der Waals surface area contributed by atoms with Gasteiger partial charge >= 0.3 is 5.97 Å². The normalized spacial score (nSPS) is 11.8. The van der Waals surface area contributed by atoms with E-state index in [-0.39, 0.29) is 12.5 Å². The van der Waals surface area contributed by atoms with E-state index in [4.69, 9.17) is 9.47 Å². The van der Waals surface area contributed by atoms with E-state index in [0.717, 1.165) is 5.56 Å². The molecule has 0 bridgehead atoms. The van der Waals surface area contributed by atoms with E-state index in [1.165, 1.54) is 4.90 Å². The second-order valence-electron chi connectivity index (χ2n) is 4.60. The fraction of sp³-hybridized carbons (Fsp3) is 0.500. The van der Waals surface area contributed by atoms with Crippen molar-refractivity contribution in [1.29, 1.82) is 0 Å². The van der Waals surface area contributed by atoms with Crippen LogP contribution < -0.4 is 0 Å². The van der Waals surface area contributed by atoms with Crippen molar-refractivity contribution in [2.24, 2.45) is 0 Å². The molecule has 0 aliphatic heterocycles. The Labute approximate surface area is 125 Å². The van der Waals surface area contributed by atoms with Gasteiger partial charge in [-0.3, -0.25) is 9.59 Å². The highest BCUT2D eigenvalue weighted by molar-refractivity contribution is 5.84. The van der Waals surface area contributed by atoms with E-state index in [2.05, 4.69) is 0 Å². The molecule has 5 heteroatoms. The van der Waals surface area contributed by atoms with Crippen molar-refractivity contribution in [3.63, 3.8) is 0 Å². The molecule has 116 valence electrons. The second kappa shape index (κ2) is 9.13. The fourth-order valence-corrected chi connectivity index (χ4v) is 1.83. The quantitative estimate of drug-likeness (QED) is 0.688. The molecule has 1 aromatic carbocycles. The van der Waals surface area contributed by atoms with E-state index in [1.54, 1.807) is 13.8 Å². The van der Waals surface area contributed by atoms with E-state index in [1.807, 2.05) is 37.3 Å². The van der Waals surface area contributed by atoms with Crippen LogP contribution in [0.15, 0.2) is 30.3 Å². The first kappa shape index (κ1) is 17.2. The van der Waals surface area contributed by atoms with Crippen molar-refractivity contribution in [1.82, 2.24) is 4.90 Å². The molecule has 1 atom stereocenters. The Morgan fingerprint density at radius 1 is 1.19 bits per heavy atom. The number of likely N-dealkylation sites (N-methyl/N-ethyl adjacent to an activating group) is 1. The molecule has 0 N–H and O–H groups in total. The summed E-state index contributed by atoms with van der Waals surface area (Å²) in [6.07, 6.45) is -0.598. The zero-order valence-corrected chi connectivity index (χ0v) is 12.9. The van der Waals surface area contributed by atoms with Crippen molar-refractivity contribution in [3.05, 3.63) is 35.9 Å². The van der Waals surface area contributed by atoms with Crippen molar-refractivity contribution in [3.8, 4) is 0 Å². The number of hydrogen-bond donors (Lipinski definition) is 0. The van der Waals surface area contributed by atoms with Crippen LogP contribution in [0.1, 0.15) is 26.3 Å². The topological polar surface area (TPSA) is 55.8 Å². The molecule has 1 unspecified atom stereocenters. The minimum absolute atomic E-state index is 0.0395. The smallest absolute Gasteiger partial charge is 0.325 e. The largest absolute Gasteiger partial charge is 0.465 e. The van der Waals surface area contributed by atoms with Crippen molar-refractivity contribution < 1.29 is 19.1 Å². The Kier molecular flexibility index (Phi) is 7.46. The number of carbonyl (C=O) groups is 2. The van der Waals surface area contributed by atoms with Gasteiger partial charge in [-0.15, -0.1) is 0 Å². The third-order valence-electron chi connectivity index (χ3n) is 3.01. The van der Waals surface area contributed by atoms with Crippen LogP contribution in [0.4, 0.5) is 0 Å². The van der Waals surface area contributed by atoms with Gasteiger partial charge in [-0.05, 0) is 26.3 Å². The molecule has 5 nitrogen and oxygen atoms in total. The third kappa shape index (κ3) is 5.95. The summed E-state index contributed by atoms with van der Waals surface area (Å²) in [6.45, 7) is 6.33. The molecule has 0 fully saturated rings. The number of esters is 1. The summed E-state index contributed by atoms with van der Waals surface area (Å²) in [7, 11) is 0. The highest BCUT2D eigenvalue weighted by Gasteiger charge is 2.22. The summed E-state index contributed by atoms with van der Waals surface area (Å²) in [5.41, 5.74) is 1.01. The molecule has 0 heterocycles. The van der Waals surface area contributed by atoms with Gasteiger partial charge in [0.25, 0.3) is 5.91 Å². The lowest BCUT2D eigenvalue weighted by Gasteiger charge is -2.23. The van der Waals surface area contributed by atoms with Crippen LogP contribution in [0.3, 0.4) is 0 Å². The average Bonchev–Trinajstić information content (AvgIpc) is 2.51. The molecule has 0 saturated carbocycles. The summed E-state index contributed by atoms with van der Waals surface area (Å²) in [5, 5.41) is 0. The highest BCUT2D eigenvalue weighted by Crippen LogP contribution is 2.06. The summed E-state index contributed by atoms with van der Waals surface area (Å²) < 4.78 is 10.4. The molecule has 21 heavy (non-hydrogen) atoms. The predicted octanol–water partition coefficient (Wildman–Crippen LogP) is 2.00. The number of ether oxygens (including phenoxy) is 2. The van der Waals surface area contributed by atoms with Gasteiger partial charge in [-0.1, -0.05) is 30.3 Å². The van der Waals surface area contributed by atoms with Gasteiger partial charge in [0.2, 0.25) is 0 Å². The van der Waals surface area contributed by atoms with E-state index in [9.17, 15) is 9.59 Å². The molecule has 1 amide bonds. The van der Waals surface area contributed by atoms with E-state index >= 15 is 0 Å². The number of hydrogen-bond acceptors (Lipinski definition) is 4. The first-order chi connectivity index (χ1) is 10.1. The molecule has 0 saturated heterocycles. The van der Waals surface area contributed by atoms with Crippen LogP contribution in [0, 0.1) is 0 Å². The van der Waals surface area contributed by atoms with Crippen molar-refractivity contribution in [2.75, 3.05) is 19.7 Å². The Balaban J connectivity index is 2.49. The molecule has 1 aromatic rings. The fourth-order valence-electron chi connectivity index (χ4n) is 1.83. The SMILES string of the molecule is CCOC(=O)CN(CC)C(=O)C(C)OCc1ccccc1. The lowest BCUT2D eigenvalue weighted by molar-refractivity contribution is -0.153. The first-order valence-electron chi connectivity index (χ1n) is 7.18. The van der Waals surface area contributed by atoms with Gasteiger partial charge in [0, 0.05) is 6.54 Å². The molecule has 1 rings (SSSR count). The number of nitrogens with zero attached hydrogens (tertiary/aromatic N) is 1. The van der Waals surface area contributed by atoms with Crippen LogP contribution in [0.2, 0.25) is 0 Å². The number of benzene rings is 1. The summed E-state index contributed by atoms with van der Waals surface area (Å²) in [5.74, 6) is -0.607. The molecule has 0 spiro atoms. The van der Waals surface area contributed by atoms with Crippen LogP contribution in [-0.4, -0.2) is 42.6 Å². The summed E-state index contributed by atoms with van der Waals surface area (Å²) in [4.78, 5) is 25.1. The zero-order chi connectivity index (χ0) is 15.7. The number of rotatable bonds is 8. The van der Waals surface area contributed by atoms with Gasteiger partial charge in [-0.25, -0.2) is 0 Å². The second-order valence-corrected chi connectivity index (χ2v) is 4.60. The first-order valence-corrected chi connectivity index (χ1v) is 7.18. The summed E-state index contributed by atoms with van der Waals surface area (Å²) in [6, 6.07) is 9.64. The van der Waals surface area contributed by atoms with Crippen LogP contribution in [-0.2, 0) is 25.7 Å². The third-order valence-corrected chi connectivity index (χ3v) is 3.01. The highest BCUT2D eigenvalue weighted by atomic mass is 16.5. The Morgan fingerprint density at radius 2 is 1.86 bits per heavy atom. The van der Waals surface area contributed by atoms with Crippen molar-refractivity contribution >= 4 is 11.9 Å². The Bertz CT molecular complexity index is 447. The van der Waals surface area contributed by atoms with Gasteiger partial charge in [0.05, 0.1) is 13.2 Å². The molecular formula is C16H23NO4. The zero-order valence-electron chi connectivity index (χ0n) is 12.9. The lowest BCUT2D eigenvalue weighted by Crippen LogP contribution is -2.42. The van der Waals surface area contributed by atoms with Crippen molar-refractivity contribution in [2.45, 2.75) is 33.5 Å². The number of carbonyl (C=O) groups excluding carboxylic acids is 2. The van der Waals surface area contributed by atoms with Gasteiger partial charge < -0.3 is 14.4 Å². The molecule has 0 aromatic heterocycles. The van der Waals surface area contributed by atoms with E-state index in [0.29, 0.717) is 19.8 Å². The van der Waals surface area contributed by atoms with Crippen LogP contribution >= 0.6 is 0 Å². The maximum atomic E-state index is 12.2. The minimum atomic E-state index is -0.598. The lowest BCUT2D eigenvalue weighted by atomic mass is 10.2.